The first-order valence-electron chi connectivity index (χ1n) is 9.05. The molecule has 3 aromatic rings. The molecule has 4 nitrogen and oxygen atoms in total. The molecule has 0 atom stereocenters. The average Bonchev–Trinajstić information content (AvgIpc) is 2.73. The molecule has 0 unspecified atom stereocenters. The number of amides is 1. The highest BCUT2D eigenvalue weighted by molar-refractivity contribution is 6.31. The number of rotatable bonds is 4. The SMILES string of the molecule is O=C(c1ccc(NCc2ccccc2Cl)nc1)N1CCCc2ccccc21. The predicted molar refractivity (Wildman–Crippen MR) is 109 cm³/mol. The summed E-state index contributed by atoms with van der Waals surface area (Å²) in [6.07, 6.45) is 3.63. The number of nitrogens with zero attached hydrogens (tertiary/aromatic N) is 2. The van der Waals surface area contributed by atoms with Crippen molar-refractivity contribution in [3.8, 4) is 0 Å². The number of carbonyl (C=O) groups excluding carboxylic acids is 1. The monoisotopic (exact) mass is 377 g/mol. The van der Waals surface area contributed by atoms with Crippen LogP contribution in [0.2, 0.25) is 5.02 Å². The number of anilines is 2. The molecule has 0 saturated carbocycles. The number of aryl methyl sites for hydroxylation is 1. The van der Waals surface area contributed by atoms with Crippen LogP contribution in [0.1, 0.15) is 27.9 Å². The van der Waals surface area contributed by atoms with E-state index in [1.54, 1.807) is 6.20 Å². The van der Waals surface area contributed by atoms with Gasteiger partial charge in [0.25, 0.3) is 5.91 Å². The highest BCUT2D eigenvalue weighted by Gasteiger charge is 2.23. The van der Waals surface area contributed by atoms with E-state index >= 15 is 0 Å². The Kier molecular flexibility index (Phi) is 5.07. The second-order valence-electron chi connectivity index (χ2n) is 6.57. The minimum atomic E-state index is -0.00713. The van der Waals surface area contributed by atoms with Gasteiger partial charge in [0, 0.05) is 30.0 Å². The van der Waals surface area contributed by atoms with E-state index in [-0.39, 0.29) is 5.91 Å². The third-order valence-corrected chi connectivity index (χ3v) is 5.15. The quantitative estimate of drug-likeness (QED) is 0.700. The molecule has 0 fully saturated rings. The number of hydrogen-bond acceptors (Lipinski definition) is 3. The lowest BCUT2D eigenvalue weighted by Gasteiger charge is -2.29. The van der Waals surface area contributed by atoms with Gasteiger partial charge < -0.3 is 10.2 Å². The number of pyridine rings is 1. The van der Waals surface area contributed by atoms with Crippen LogP contribution in [0.5, 0.6) is 0 Å². The third-order valence-electron chi connectivity index (χ3n) is 4.78. The van der Waals surface area contributed by atoms with E-state index in [1.807, 2.05) is 59.5 Å². The summed E-state index contributed by atoms with van der Waals surface area (Å²) in [5, 5.41) is 3.97. The third kappa shape index (κ3) is 3.81. The first kappa shape index (κ1) is 17.6. The molecule has 0 spiro atoms. The number of carbonyl (C=O) groups is 1. The highest BCUT2D eigenvalue weighted by Crippen LogP contribution is 2.28. The number of nitrogens with one attached hydrogen (secondary N) is 1. The molecule has 1 aromatic heterocycles. The summed E-state index contributed by atoms with van der Waals surface area (Å²) in [5.41, 5.74) is 3.83. The molecule has 1 aliphatic heterocycles. The van der Waals surface area contributed by atoms with Crippen molar-refractivity contribution in [2.75, 3.05) is 16.8 Å². The van der Waals surface area contributed by atoms with Gasteiger partial charge in [-0.2, -0.15) is 0 Å². The van der Waals surface area contributed by atoms with Crippen molar-refractivity contribution in [2.45, 2.75) is 19.4 Å². The number of hydrogen-bond donors (Lipinski definition) is 1. The van der Waals surface area contributed by atoms with Crippen molar-refractivity contribution >= 4 is 29.0 Å². The predicted octanol–water partition coefficient (Wildman–Crippen LogP) is 4.94. The van der Waals surface area contributed by atoms with Crippen LogP contribution in [0.25, 0.3) is 0 Å². The minimum Gasteiger partial charge on any atom is -0.366 e. The van der Waals surface area contributed by atoms with Gasteiger partial charge in [-0.25, -0.2) is 4.98 Å². The standard InChI is InChI=1S/C22H20ClN3O/c23-19-9-3-1-7-17(19)14-24-21-12-11-18(15-25-21)22(27)26-13-5-8-16-6-2-4-10-20(16)26/h1-4,6-7,9-12,15H,5,8,13-14H2,(H,24,25). The lowest BCUT2D eigenvalue weighted by Crippen LogP contribution is -2.35. The first-order chi connectivity index (χ1) is 13.2. The van der Waals surface area contributed by atoms with E-state index in [1.165, 1.54) is 5.56 Å². The van der Waals surface area contributed by atoms with Gasteiger partial charge in [0.15, 0.2) is 0 Å². The van der Waals surface area contributed by atoms with Gasteiger partial charge in [-0.1, -0.05) is 48.0 Å². The molecule has 136 valence electrons. The molecule has 1 aliphatic rings. The smallest absolute Gasteiger partial charge is 0.259 e. The Hall–Kier alpha value is -2.85. The van der Waals surface area contributed by atoms with E-state index in [0.29, 0.717) is 17.9 Å². The van der Waals surface area contributed by atoms with Gasteiger partial charge in [0.2, 0.25) is 0 Å². The summed E-state index contributed by atoms with van der Waals surface area (Å²) in [6, 6.07) is 19.5. The number of fused-ring (bicyclic) bond motifs is 1. The summed E-state index contributed by atoms with van der Waals surface area (Å²) < 4.78 is 0. The van der Waals surface area contributed by atoms with Gasteiger partial charge >= 0.3 is 0 Å². The molecule has 1 N–H and O–H groups in total. The largest absolute Gasteiger partial charge is 0.366 e. The molecule has 0 aliphatic carbocycles. The Bertz CT molecular complexity index is 956. The molecule has 0 radical (unpaired) electrons. The zero-order valence-electron chi connectivity index (χ0n) is 14.9. The normalized spacial score (nSPS) is 13.1. The number of benzene rings is 2. The van der Waals surface area contributed by atoms with Gasteiger partial charge in [0.05, 0.1) is 5.56 Å². The number of halogens is 1. The molecule has 2 aromatic carbocycles. The number of aromatic nitrogens is 1. The summed E-state index contributed by atoms with van der Waals surface area (Å²) >= 11 is 6.17. The van der Waals surface area contributed by atoms with E-state index in [4.69, 9.17) is 11.6 Å². The van der Waals surface area contributed by atoms with Crippen LogP contribution in [-0.2, 0) is 13.0 Å². The minimum absolute atomic E-state index is 0.00713. The molecular formula is C22H20ClN3O. The maximum atomic E-state index is 12.9. The number of para-hydroxylation sites is 1. The van der Waals surface area contributed by atoms with Crippen LogP contribution < -0.4 is 10.2 Å². The average molecular weight is 378 g/mol. The second-order valence-corrected chi connectivity index (χ2v) is 6.97. The van der Waals surface area contributed by atoms with E-state index in [9.17, 15) is 4.79 Å². The first-order valence-corrected chi connectivity index (χ1v) is 9.43. The molecule has 5 heteroatoms. The Balaban J connectivity index is 1.46. The molecule has 1 amide bonds. The van der Waals surface area contributed by atoms with E-state index < -0.39 is 0 Å². The summed E-state index contributed by atoms with van der Waals surface area (Å²) in [4.78, 5) is 19.2. The summed E-state index contributed by atoms with van der Waals surface area (Å²) in [5.74, 6) is 0.706. The maximum absolute atomic E-state index is 12.9. The molecular weight excluding hydrogens is 358 g/mol. The molecule has 4 rings (SSSR count). The lowest BCUT2D eigenvalue weighted by molar-refractivity contribution is 0.0985. The molecule has 27 heavy (non-hydrogen) atoms. The van der Waals surface area contributed by atoms with Crippen LogP contribution in [0.15, 0.2) is 66.9 Å². The fourth-order valence-electron chi connectivity index (χ4n) is 3.35. The van der Waals surface area contributed by atoms with Crippen LogP contribution in [0, 0.1) is 0 Å². The zero-order chi connectivity index (χ0) is 18.6. The fourth-order valence-corrected chi connectivity index (χ4v) is 3.56. The van der Waals surface area contributed by atoms with E-state index in [2.05, 4.69) is 16.4 Å². The van der Waals surface area contributed by atoms with Gasteiger partial charge in [-0.15, -0.1) is 0 Å². The Morgan fingerprint density at radius 1 is 1.07 bits per heavy atom. The van der Waals surface area contributed by atoms with Gasteiger partial charge in [0.1, 0.15) is 5.82 Å². The highest BCUT2D eigenvalue weighted by atomic mass is 35.5. The molecule has 0 bridgehead atoms. The van der Waals surface area contributed by atoms with Crippen LogP contribution in [-0.4, -0.2) is 17.4 Å². The fraction of sp³-hybridized carbons (Fsp3) is 0.182. The van der Waals surface area contributed by atoms with Crippen molar-refractivity contribution < 1.29 is 4.79 Å². The van der Waals surface area contributed by atoms with Crippen molar-refractivity contribution in [3.63, 3.8) is 0 Å². The van der Waals surface area contributed by atoms with Crippen molar-refractivity contribution in [3.05, 3.63) is 88.6 Å². The van der Waals surface area contributed by atoms with Crippen LogP contribution in [0.3, 0.4) is 0 Å². The van der Waals surface area contributed by atoms with Gasteiger partial charge in [-0.3, -0.25) is 4.79 Å². The second kappa shape index (κ2) is 7.80. The Morgan fingerprint density at radius 2 is 1.89 bits per heavy atom. The van der Waals surface area contributed by atoms with Crippen molar-refractivity contribution in [1.29, 1.82) is 0 Å². The van der Waals surface area contributed by atoms with Crippen LogP contribution in [0.4, 0.5) is 11.5 Å². The Morgan fingerprint density at radius 3 is 2.70 bits per heavy atom. The maximum Gasteiger partial charge on any atom is 0.259 e. The van der Waals surface area contributed by atoms with E-state index in [0.717, 1.165) is 35.7 Å². The Labute approximate surface area is 163 Å². The van der Waals surface area contributed by atoms with Crippen molar-refractivity contribution in [2.24, 2.45) is 0 Å². The topological polar surface area (TPSA) is 45.2 Å². The van der Waals surface area contributed by atoms with Crippen molar-refractivity contribution in [1.82, 2.24) is 4.98 Å². The summed E-state index contributed by atoms with van der Waals surface area (Å²) in [7, 11) is 0. The molecule has 0 saturated heterocycles. The zero-order valence-corrected chi connectivity index (χ0v) is 15.6. The van der Waals surface area contributed by atoms with Gasteiger partial charge in [-0.05, 0) is 48.2 Å². The lowest BCUT2D eigenvalue weighted by atomic mass is 10.0. The van der Waals surface area contributed by atoms with Crippen LogP contribution >= 0.6 is 11.6 Å². The molecule has 2 heterocycles. The summed E-state index contributed by atoms with van der Waals surface area (Å²) in [6.45, 7) is 1.32.